The summed E-state index contributed by atoms with van der Waals surface area (Å²) >= 11 is 1.50. The van der Waals surface area contributed by atoms with E-state index in [1.165, 1.54) is 16.9 Å². The maximum Gasteiger partial charge on any atom is 0.268 e. The number of nitrogens with zero attached hydrogens (tertiary/aromatic N) is 1. The monoisotopic (exact) mass is 318 g/mol. The molecule has 1 saturated heterocycles. The number of hydrazine groups is 1. The zero-order valence-electron chi connectivity index (χ0n) is 12.2. The van der Waals surface area contributed by atoms with Crippen LogP contribution in [0.5, 0.6) is 0 Å². The average molecular weight is 318 g/mol. The van der Waals surface area contributed by atoms with Gasteiger partial charge in [-0.25, -0.2) is 10.4 Å². The van der Waals surface area contributed by atoms with Gasteiger partial charge in [0.2, 0.25) is 0 Å². The molecule has 1 atom stereocenters. The lowest BCUT2D eigenvalue weighted by Crippen LogP contribution is -2.43. The quantitative estimate of drug-likeness (QED) is 0.537. The Morgan fingerprint density at radius 1 is 1.36 bits per heavy atom. The highest BCUT2D eigenvalue weighted by atomic mass is 32.1. The van der Waals surface area contributed by atoms with Crippen molar-refractivity contribution < 1.29 is 0 Å². The van der Waals surface area contributed by atoms with Gasteiger partial charge in [-0.15, -0.1) is 11.3 Å². The van der Waals surface area contributed by atoms with Crippen LogP contribution in [-0.4, -0.2) is 36.1 Å². The fourth-order valence-electron chi connectivity index (χ4n) is 2.86. The van der Waals surface area contributed by atoms with Crippen LogP contribution >= 0.6 is 11.3 Å². The largest absolute Gasteiger partial charge is 0.325 e. The highest BCUT2D eigenvalue weighted by Crippen LogP contribution is 2.30. The van der Waals surface area contributed by atoms with Crippen LogP contribution in [0.25, 0.3) is 15.8 Å². The van der Waals surface area contributed by atoms with Crippen molar-refractivity contribution in [3.63, 3.8) is 0 Å². The zero-order valence-corrected chi connectivity index (χ0v) is 13.1. The molecule has 0 aliphatic carbocycles. The van der Waals surface area contributed by atoms with E-state index in [0.29, 0.717) is 10.5 Å². The molecule has 0 bridgehead atoms. The SMILES string of the molecule is CC1=C(c2cc3nc(C4CNCCN4)[nH]c(=O)c3s2)CNN1. The smallest absolute Gasteiger partial charge is 0.268 e. The number of fused-ring (bicyclic) bond motifs is 1. The third-order valence-electron chi connectivity index (χ3n) is 4.06. The van der Waals surface area contributed by atoms with E-state index in [-0.39, 0.29) is 11.6 Å². The third-order valence-corrected chi connectivity index (χ3v) is 5.25. The van der Waals surface area contributed by atoms with Crippen molar-refractivity contribution in [2.45, 2.75) is 13.0 Å². The maximum absolute atomic E-state index is 12.4. The Morgan fingerprint density at radius 2 is 2.27 bits per heavy atom. The summed E-state index contributed by atoms with van der Waals surface area (Å²) in [5, 5.41) is 6.69. The highest BCUT2D eigenvalue weighted by molar-refractivity contribution is 7.19. The molecule has 5 N–H and O–H groups in total. The van der Waals surface area contributed by atoms with Crippen molar-refractivity contribution in [3.8, 4) is 0 Å². The predicted molar refractivity (Wildman–Crippen MR) is 87.6 cm³/mol. The molecule has 2 aliphatic rings. The van der Waals surface area contributed by atoms with Crippen molar-refractivity contribution in [3.05, 3.63) is 32.8 Å². The Hall–Kier alpha value is -1.74. The highest BCUT2D eigenvalue weighted by Gasteiger charge is 2.20. The minimum absolute atomic E-state index is 0.0548. The molecule has 4 heterocycles. The first-order valence-electron chi connectivity index (χ1n) is 7.39. The number of aromatic amines is 1. The van der Waals surface area contributed by atoms with Crippen molar-refractivity contribution >= 4 is 27.1 Å². The zero-order chi connectivity index (χ0) is 15.1. The van der Waals surface area contributed by atoms with E-state index in [9.17, 15) is 4.79 Å². The van der Waals surface area contributed by atoms with Crippen LogP contribution in [0.3, 0.4) is 0 Å². The Labute approximate surface area is 131 Å². The first-order chi connectivity index (χ1) is 10.7. The van der Waals surface area contributed by atoms with Crippen LogP contribution in [0.15, 0.2) is 16.6 Å². The number of rotatable bonds is 2. The van der Waals surface area contributed by atoms with E-state index in [1.54, 1.807) is 0 Å². The van der Waals surface area contributed by atoms with Crippen molar-refractivity contribution in [2.24, 2.45) is 0 Å². The lowest BCUT2D eigenvalue weighted by Gasteiger charge is -2.23. The van der Waals surface area contributed by atoms with E-state index >= 15 is 0 Å². The lowest BCUT2D eigenvalue weighted by molar-refractivity contribution is 0.415. The number of allylic oxidation sites excluding steroid dienone is 1. The van der Waals surface area contributed by atoms with Gasteiger partial charge >= 0.3 is 0 Å². The molecule has 0 spiro atoms. The van der Waals surface area contributed by atoms with Gasteiger partial charge in [-0.1, -0.05) is 0 Å². The molecule has 2 aromatic heterocycles. The van der Waals surface area contributed by atoms with Crippen LogP contribution in [0, 0.1) is 0 Å². The maximum atomic E-state index is 12.4. The second-order valence-corrected chi connectivity index (χ2v) is 6.62. The van der Waals surface area contributed by atoms with Gasteiger partial charge in [0.25, 0.3) is 5.56 Å². The first kappa shape index (κ1) is 13.9. The van der Waals surface area contributed by atoms with E-state index in [4.69, 9.17) is 0 Å². The summed E-state index contributed by atoms with van der Waals surface area (Å²) in [6, 6.07) is 2.08. The van der Waals surface area contributed by atoms with Crippen LogP contribution in [0.4, 0.5) is 0 Å². The van der Waals surface area contributed by atoms with Gasteiger partial charge in [0, 0.05) is 42.3 Å². The molecule has 0 aromatic carbocycles. The number of aromatic nitrogens is 2. The molecular weight excluding hydrogens is 300 g/mol. The fraction of sp³-hybridized carbons (Fsp3) is 0.429. The third kappa shape index (κ3) is 2.34. The molecule has 22 heavy (non-hydrogen) atoms. The Bertz CT molecular complexity index is 801. The van der Waals surface area contributed by atoms with Gasteiger partial charge in [-0.05, 0) is 13.0 Å². The van der Waals surface area contributed by atoms with E-state index in [0.717, 1.165) is 42.3 Å². The van der Waals surface area contributed by atoms with Crippen LogP contribution in [0.2, 0.25) is 0 Å². The Morgan fingerprint density at radius 3 is 3.00 bits per heavy atom. The van der Waals surface area contributed by atoms with E-state index < -0.39 is 0 Å². The number of piperazine rings is 1. The molecule has 2 aliphatic heterocycles. The summed E-state index contributed by atoms with van der Waals surface area (Å²) in [6.07, 6.45) is 0. The predicted octanol–water partition coefficient (Wildman–Crippen LogP) is 0.0573. The Kier molecular flexibility index (Phi) is 3.45. The molecule has 0 saturated carbocycles. The molecule has 8 heteroatoms. The molecule has 0 amide bonds. The normalized spacial score (nSPS) is 22.3. The van der Waals surface area contributed by atoms with Crippen LogP contribution < -0.4 is 27.0 Å². The van der Waals surface area contributed by atoms with Crippen LogP contribution in [0.1, 0.15) is 23.7 Å². The Balaban J connectivity index is 1.77. The van der Waals surface area contributed by atoms with E-state index in [2.05, 4.69) is 31.5 Å². The molecule has 1 fully saturated rings. The fourth-order valence-corrected chi connectivity index (χ4v) is 3.96. The summed E-state index contributed by atoms with van der Waals surface area (Å²) in [6.45, 7) is 5.39. The van der Waals surface area contributed by atoms with Gasteiger partial charge in [0.1, 0.15) is 10.5 Å². The second-order valence-electron chi connectivity index (χ2n) is 5.57. The molecule has 7 nitrogen and oxygen atoms in total. The second kappa shape index (κ2) is 5.47. The number of nitrogens with one attached hydrogen (secondary N) is 5. The minimum atomic E-state index is -0.0548. The van der Waals surface area contributed by atoms with Gasteiger partial charge in [0.05, 0.1) is 11.6 Å². The summed E-state index contributed by atoms with van der Waals surface area (Å²) in [5.41, 5.74) is 9.22. The molecule has 0 radical (unpaired) electrons. The van der Waals surface area contributed by atoms with Crippen LogP contribution in [-0.2, 0) is 0 Å². The summed E-state index contributed by atoms with van der Waals surface area (Å²) in [7, 11) is 0. The minimum Gasteiger partial charge on any atom is -0.325 e. The molecule has 4 rings (SSSR count). The van der Waals surface area contributed by atoms with E-state index in [1.807, 2.05) is 13.0 Å². The van der Waals surface area contributed by atoms with Gasteiger partial charge in [0.15, 0.2) is 0 Å². The average Bonchev–Trinajstić information content (AvgIpc) is 3.14. The van der Waals surface area contributed by atoms with Crippen molar-refractivity contribution in [2.75, 3.05) is 26.2 Å². The van der Waals surface area contributed by atoms with Gasteiger partial charge in [-0.3, -0.25) is 4.79 Å². The van der Waals surface area contributed by atoms with Gasteiger partial charge in [-0.2, -0.15) is 0 Å². The molecule has 116 valence electrons. The topological polar surface area (TPSA) is 93.9 Å². The summed E-state index contributed by atoms with van der Waals surface area (Å²) < 4.78 is 0.690. The summed E-state index contributed by atoms with van der Waals surface area (Å²) in [5.74, 6) is 0.711. The molecule has 1 unspecified atom stereocenters. The lowest BCUT2D eigenvalue weighted by atomic mass is 10.2. The standard InChI is InChI=1S/C14H18N6OS/c1-7-8(5-17-20-7)11-4-9-12(22-11)14(21)19-13(18-9)10-6-15-2-3-16-10/h4,10,15-17,20H,2-3,5-6H2,1H3,(H,18,19,21). The van der Waals surface area contributed by atoms with Crippen molar-refractivity contribution in [1.82, 2.24) is 31.5 Å². The van der Waals surface area contributed by atoms with Gasteiger partial charge < -0.3 is 21.0 Å². The molecule has 2 aromatic rings. The number of thiophene rings is 1. The number of hydrogen-bond donors (Lipinski definition) is 5. The number of H-pyrrole nitrogens is 1. The summed E-state index contributed by atoms with van der Waals surface area (Å²) in [4.78, 5) is 21.1. The number of hydrogen-bond acceptors (Lipinski definition) is 7. The van der Waals surface area contributed by atoms with Crippen molar-refractivity contribution in [1.29, 1.82) is 0 Å². The first-order valence-corrected chi connectivity index (χ1v) is 8.21. The molecular formula is C14H18N6OS.